The molecule has 5 nitrogen and oxygen atoms in total. The number of aryl methyl sites for hydroxylation is 1. The number of benzene rings is 4. The molecule has 6 heteroatoms. The van der Waals surface area contributed by atoms with Gasteiger partial charge in [0.2, 0.25) is 0 Å². The molecule has 182 valence electrons. The van der Waals surface area contributed by atoms with Gasteiger partial charge in [0, 0.05) is 11.6 Å². The molecule has 1 amide bonds. The number of hydrogen-bond donors (Lipinski definition) is 2. The number of carboxylic acids is 1. The van der Waals surface area contributed by atoms with Crippen LogP contribution in [-0.4, -0.2) is 23.5 Å². The summed E-state index contributed by atoms with van der Waals surface area (Å²) in [6.45, 7) is 2.83. The largest absolute Gasteiger partial charge is 0.488 e. The number of carbonyl (C=O) groups excluding carboxylic acids is 1. The van der Waals surface area contributed by atoms with E-state index in [0.717, 1.165) is 27.8 Å². The summed E-state index contributed by atoms with van der Waals surface area (Å²) in [4.78, 5) is 23.9. The number of ether oxygens (including phenoxy) is 1. The van der Waals surface area contributed by atoms with Gasteiger partial charge in [0.05, 0.1) is 11.1 Å². The number of halogens is 1. The van der Waals surface area contributed by atoms with Gasteiger partial charge in [-0.3, -0.25) is 4.79 Å². The molecule has 0 radical (unpaired) electrons. The summed E-state index contributed by atoms with van der Waals surface area (Å²) < 4.78 is 5.94. The maximum absolute atomic E-state index is 12.9. The molecule has 0 aliphatic rings. The van der Waals surface area contributed by atoms with Gasteiger partial charge in [0.1, 0.15) is 12.4 Å². The Morgan fingerprint density at radius 3 is 2.22 bits per heavy atom. The van der Waals surface area contributed by atoms with E-state index in [2.05, 4.69) is 5.32 Å². The molecular formula is C30H26ClNO4. The Morgan fingerprint density at radius 2 is 1.56 bits per heavy atom. The molecule has 2 N–H and O–H groups in total. The summed E-state index contributed by atoms with van der Waals surface area (Å²) >= 11 is 6.15. The predicted molar refractivity (Wildman–Crippen MR) is 142 cm³/mol. The van der Waals surface area contributed by atoms with E-state index >= 15 is 0 Å². The third kappa shape index (κ3) is 6.52. The molecule has 0 heterocycles. The predicted octanol–water partition coefficient (Wildman–Crippen LogP) is 6.57. The third-order valence-electron chi connectivity index (χ3n) is 5.78. The van der Waals surface area contributed by atoms with Gasteiger partial charge in [-0.1, -0.05) is 77.8 Å². The van der Waals surface area contributed by atoms with Gasteiger partial charge in [-0.25, -0.2) is 4.79 Å². The third-order valence-corrected chi connectivity index (χ3v) is 6.02. The first-order chi connectivity index (χ1) is 17.4. The van der Waals surface area contributed by atoms with Crippen LogP contribution < -0.4 is 10.1 Å². The minimum atomic E-state index is -0.943. The van der Waals surface area contributed by atoms with Crippen LogP contribution in [0.1, 0.15) is 37.4 Å². The fourth-order valence-electron chi connectivity index (χ4n) is 3.85. The van der Waals surface area contributed by atoms with Gasteiger partial charge in [-0.05, 0) is 65.9 Å². The summed E-state index contributed by atoms with van der Waals surface area (Å²) in [5.41, 5.74) is 5.84. The van der Waals surface area contributed by atoms with Crippen LogP contribution in [0.15, 0.2) is 91.0 Å². The van der Waals surface area contributed by atoms with Crippen LogP contribution in [0.2, 0.25) is 5.02 Å². The number of carboxylic acid groups (broad SMARTS) is 1. The van der Waals surface area contributed by atoms with E-state index in [1.165, 1.54) is 0 Å². The summed E-state index contributed by atoms with van der Waals surface area (Å²) in [5.74, 6) is -0.703. The van der Waals surface area contributed by atoms with E-state index in [-0.39, 0.29) is 11.5 Å². The van der Waals surface area contributed by atoms with Gasteiger partial charge in [-0.2, -0.15) is 0 Å². The molecule has 0 bridgehead atoms. The van der Waals surface area contributed by atoms with Crippen molar-refractivity contribution in [3.05, 3.63) is 124 Å². The monoisotopic (exact) mass is 499 g/mol. The van der Waals surface area contributed by atoms with E-state index in [0.29, 0.717) is 35.9 Å². The van der Waals surface area contributed by atoms with Crippen molar-refractivity contribution in [1.29, 1.82) is 0 Å². The molecule has 0 saturated carbocycles. The van der Waals surface area contributed by atoms with Crippen LogP contribution in [-0.2, 0) is 13.0 Å². The van der Waals surface area contributed by atoms with Gasteiger partial charge in [-0.15, -0.1) is 0 Å². The summed E-state index contributed by atoms with van der Waals surface area (Å²) in [7, 11) is 0. The summed E-state index contributed by atoms with van der Waals surface area (Å²) in [6, 6.07) is 27.8. The first-order valence-corrected chi connectivity index (χ1v) is 12.0. The van der Waals surface area contributed by atoms with E-state index in [1.807, 2.05) is 55.5 Å². The molecule has 4 aromatic rings. The first-order valence-electron chi connectivity index (χ1n) is 11.6. The van der Waals surface area contributed by atoms with Crippen molar-refractivity contribution in [3.63, 3.8) is 0 Å². The Hall–Kier alpha value is -4.09. The molecular weight excluding hydrogens is 474 g/mol. The normalized spacial score (nSPS) is 10.6. The lowest BCUT2D eigenvalue weighted by molar-refractivity contribution is 0.0696. The second kappa shape index (κ2) is 11.6. The Kier molecular flexibility index (Phi) is 8.03. The maximum atomic E-state index is 12.9. The quantitative estimate of drug-likeness (QED) is 0.273. The topological polar surface area (TPSA) is 75.6 Å². The highest BCUT2D eigenvalue weighted by Gasteiger charge is 2.14. The van der Waals surface area contributed by atoms with E-state index < -0.39 is 5.97 Å². The molecule has 4 aromatic carbocycles. The number of hydrogen-bond acceptors (Lipinski definition) is 3. The highest BCUT2D eigenvalue weighted by Crippen LogP contribution is 2.24. The minimum absolute atomic E-state index is 0.244. The van der Waals surface area contributed by atoms with Crippen LogP contribution in [0.25, 0.3) is 11.1 Å². The maximum Gasteiger partial charge on any atom is 0.335 e. The number of nitrogens with one attached hydrogen (secondary N) is 1. The van der Waals surface area contributed by atoms with Crippen molar-refractivity contribution in [1.82, 2.24) is 5.32 Å². The van der Waals surface area contributed by atoms with Crippen molar-refractivity contribution < 1.29 is 19.4 Å². The van der Waals surface area contributed by atoms with E-state index in [9.17, 15) is 9.59 Å². The fraction of sp³-hybridized carbons (Fsp3) is 0.133. The van der Waals surface area contributed by atoms with Crippen molar-refractivity contribution in [2.45, 2.75) is 20.0 Å². The summed E-state index contributed by atoms with van der Waals surface area (Å²) in [5, 5.41) is 12.5. The van der Waals surface area contributed by atoms with Crippen LogP contribution in [0.3, 0.4) is 0 Å². The smallest absolute Gasteiger partial charge is 0.335 e. The Labute approximate surface area is 215 Å². The molecule has 0 aliphatic heterocycles. The summed E-state index contributed by atoms with van der Waals surface area (Å²) in [6.07, 6.45) is 0.657. The molecule has 36 heavy (non-hydrogen) atoms. The van der Waals surface area contributed by atoms with E-state index in [4.69, 9.17) is 21.4 Å². The standard InChI is InChI=1S/C30H26ClNO4/c1-20-3-2-4-22(17-20)19-36-28-14-13-26(31)18-27(28)29(33)32-16-15-21-5-7-23(8-6-21)24-9-11-25(12-10-24)30(34)35/h2-14,17-18H,15-16,19H2,1H3,(H,32,33)(H,34,35). The lowest BCUT2D eigenvalue weighted by Gasteiger charge is -2.13. The number of rotatable bonds is 9. The van der Waals surface area contributed by atoms with Gasteiger partial charge < -0.3 is 15.2 Å². The number of carbonyl (C=O) groups is 2. The van der Waals surface area contributed by atoms with Crippen LogP contribution in [0.4, 0.5) is 0 Å². The zero-order chi connectivity index (χ0) is 25.5. The van der Waals surface area contributed by atoms with Gasteiger partial charge in [0.15, 0.2) is 0 Å². The molecule has 0 aromatic heterocycles. The van der Waals surface area contributed by atoms with E-state index in [1.54, 1.807) is 42.5 Å². The highest BCUT2D eigenvalue weighted by molar-refractivity contribution is 6.31. The van der Waals surface area contributed by atoms with Crippen molar-refractivity contribution in [2.75, 3.05) is 6.54 Å². The van der Waals surface area contributed by atoms with Crippen LogP contribution in [0, 0.1) is 6.92 Å². The zero-order valence-corrected chi connectivity index (χ0v) is 20.6. The second-order valence-electron chi connectivity index (χ2n) is 8.50. The Balaban J connectivity index is 1.34. The Morgan fingerprint density at radius 1 is 0.861 bits per heavy atom. The van der Waals surface area contributed by atoms with Crippen molar-refractivity contribution in [3.8, 4) is 16.9 Å². The van der Waals surface area contributed by atoms with Gasteiger partial charge >= 0.3 is 5.97 Å². The molecule has 0 saturated heterocycles. The average Bonchev–Trinajstić information content (AvgIpc) is 2.88. The molecule has 4 rings (SSSR count). The SMILES string of the molecule is Cc1cccc(COc2ccc(Cl)cc2C(=O)NCCc2ccc(-c3ccc(C(=O)O)cc3)cc2)c1. The molecule has 0 spiro atoms. The molecule has 0 fully saturated rings. The molecule has 0 aliphatic carbocycles. The number of amides is 1. The minimum Gasteiger partial charge on any atom is -0.488 e. The van der Waals surface area contributed by atoms with Crippen molar-refractivity contribution in [2.24, 2.45) is 0 Å². The van der Waals surface area contributed by atoms with Crippen LogP contribution in [0.5, 0.6) is 5.75 Å². The van der Waals surface area contributed by atoms with Gasteiger partial charge in [0.25, 0.3) is 5.91 Å². The zero-order valence-electron chi connectivity index (χ0n) is 19.8. The lowest BCUT2D eigenvalue weighted by atomic mass is 10.0. The lowest BCUT2D eigenvalue weighted by Crippen LogP contribution is -2.26. The highest BCUT2D eigenvalue weighted by atomic mass is 35.5. The average molecular weight is 500 g/mol. The second-order valence-corrected chi connectivity index (χ2v) is 8.94. The fourth-order valence-corrected chi connectivity index (χ4v) is 4.03. The Bertz CT molecular complexity index is 1360. The molecule has 0 unspecified atom stereocenters. The van der Waals surface area contributed by atoms with Crippen molar-refractivity contribution >= 4 is 23.5 Å². The first kappa shape index (κ1) is 25.0. The van der Waals surface area contributed by atoms with Crippen LogP contribution >= 0.6 is 11.6 Å². The molecule has 0 atom stereocenters. The number of aromatic carboxylic acids is 1.